The second kappa shape index (κ2) is 4.24. The summed E-state index contributed by atoms with van der Waals surface area (Å²) in [5, 5.41) is 9.85. The van der Waals surface area contributed by atoms with Crippen molar-refractivity contribution in [3.63, 3.8) is 0 Å². The third-order valence-electron chi connectivity index (χ3n) is 6.30. The lowest BCUT2D eigenvalue weighted by Crippen LogP contribution is -2.58. The molecule has 0 aromatic heterocycles. The van der Waals surface area contributed by atoms with Gasteiger partial charge in [0.1, 0.15) is 5.75 Å². The molecule has 1 aromatic rings. The molecular formula is C18H25NO. The number of piperidine rings is 1. The summed E-state index contributed by atoms with van der Waals surface area (Å²) in [4.78, 5) is 2.76. The molecule has 4 rings (SSSR count). The summed E-state index contributed by atoms with van der Waals surface area (Å²) in [7, 11) is 0. The Morgan fingerprint density at radius 1 is 1.35 bits per heavy atom. The van der Waals surface area contributed by atoms with E-state index in [2.05, 4.69) is 24.8 Å². The number of aromatic hydroxyl groups is 1. The van der Waals surface area contributed by atoms with E-state index < -0.39 is 0 Å². The van der Waals surface area contributed by atoms with Crippen molar-refractivity contribution in [3.05, 3.63) is 29.3 Å². The SMILES string of the molecule is CC1C2Cc3ccc(O)cc3[C@@]1(C)CCN2CC1CC1. The normalized spacial score (nSPS) is 36.7. The lowest BCUT2D eigenvalue weighted by atomic mass is 9.59. The van der Waals surface area contributed by atoms with Crippen molar-refractivity contribution in [2.75, 3.05) is 13.1 Å². The van der Waals surface area contributed by atoms with Crippen LogP contribution >= 0.6 is 0 Å². The van der Waals surface area contributed by atoms with Crippen molar-refractivity contribution in [2.45, 2.75) is 51.0 Å². The van der Waals surface area contributed by atoms with Gasteiger partial charge in [0.15, 0.2) is 0 Å². The van der Waals surface area contributed by atoms with Crippen LogP contribution in [0.25, 0.3) is 0 Å². The molecule has 0 spiro atoms. The highest BCUT2D eigenvalue weighted by Crippen LogP contribution is 2.49. The molecule has 2 nitrogen and oxygen atoms in total. The molecule has 2 unspecified atom stereocenters. The monoisotopic (exact) mass is 271 g/mol. The van der Waals surface area contributed by atoms with Gasteiger partial charge in [-0.15, -0.1) is 0 Å². The fraction of sp³-hybridized carbons (Fsp3) is 0.667. The minimum absolute atomic E-state index is 0.247. The summed E-state index contributed by atoms with van der Waals surface area (Å²) in [6, 6.07) is 6.74. The molecule has 20 heavy (non-hydrogen) atoms. The van der Waals surface area contributed by atoms with Gasteiger partial charge in [0.2, 0.25) is 0 Å². The summed E-state index contributed by atoms with van der Waals surface area (Å²) in [5.74, 6) is 2.09. The van der Waals surface area contributed by atoms with Crippen molar-refractivity contribution in [1.29, 1.82) is 0 Å². The van der Waals surface area contributed by atoms with Gasteiger partial charge < -0.3 is 5.11 Å². The van der Waals surface area contributed by atoms with Crippen molar-refractivity contribution in [3.8, 4) is 5.75 Å². The Balaban J connectivity index is 1.71. The maximum atomic E-state index is 9.85. The van der Waals surface area contributed by atoms with E-state index in [1.165, 1.54) is 49.9 Å². The van der Waals surface area contributed by atoms with Crippen LogP contribution in [0.1, 0.15) is 44.2 Å². The van der Waals surface area contributed by atoms with Crippen LogP contribution < -0.4 is 0 Å². The first-order chi connectivity index (χ1) is 9.58. The fourth-order valence-corrected chi connectivity index (χ4v) is 4.55. The first-order valence-electron chi connectivity index (χ1n) is 8.14. The second-order valence-corrected chi connectivity index (χ2v) is 7.51. The van der Waals surface area contributed by atoms with Crippen LogP contribution in [0.5, 0.6) is 5.75 Å². The lowest BCUT2D eigenvalue weighted by molar-refractivity contribution is 0.0283. The summed E-state index contributed by atoms with van der Waals surface area (Å²) in [6.07, 6.45) is 5.28. The number of nitrogens with zero attached hydrogens (tertiary/aromatic N) is 1. The summed E-state index contributed by atoms with van der Waals surface area (Å²) in [6.45, 7) is 7.39. The smallest absolute Gasteiger partial charge is 0.115 e. The van der Waals surface area contributed by atoms with Crippen molar-refractivity contribution >= 4 is 0 Å². The van der Waals surface area contributed by atoms with E-state index in [1.807, 2.05) is 12.1 Å². The molecule has 1 saturated carbocycles. The molecule has 2 bridgehead atoms. The first kappa shape index (κ1) is 12.7. The minimum Gasteiger partial charge on any atom is -0.508 e. The molecule has 2 aliphatic carbocycles. The molecule has 2 heteroatoms. The highest BCUT2D eigenvalue weighted by molar-refractivity contribution is 5.44. The quantitative estimate of drug-likeness (QED) is 0.892. The molecule has 0 amide bonds. The number of phenolic OH excluding ortho intramolecular Hbond substituents is 1. The van der Waals surface area contributed by atoms with Gasteiger partial charge in [-0.05, 0) is 72.7 Å². The molecule has 108 valence electrons. The molecule has 1 saturated heterocycles. The van der Waals surface area contributed by atoms with Crippen LogP contribution in [0.2, 0.25) is 0 Å². The standard InChI is InChI=1S/C18H25NO/c1-12-17-9-14-5-6-15(20)10-16(14)18(12,2)7-8-19(17)11-13-3-4-13/h5-6,10,12-13,17,20H,3-4,7-9,11H2,1-2H3/t12?,17?,18-/m0/s1. The second-order valence-electron chi connectivity index (χ2n) is 7.51. The highest BCUT2D eigenvalue weighted by atomic mass is 16.3. The molecule has 2 fully saturated rings. The largest absolute Gasteiger partial charge is 0.508 e. The van der Waals surface area contributed by atoms with Crippen LogP contribution in [0.4, 0.5) is 0 Å². The maximum absolute atomic E-state index is 9.85. The molecule has 1 heterocycles. The Hall–Kier alpha value is -1.02. The van der Waals surface area contributed by atoms with Crippen LogP contribution in [0.15, 0.2) is 18.2 Å². The third kappa shape index (κ3) is 1.81. The summed E-state index contributed by atoms with van der Waals surface area (Å²) < 4.78 is 0. The summed E-state index contributed by atoms with van der Waals surface area (Å²) in [5.41, 5.74) is 3.12. The number of fused-ring (bicyclic) bond motifs is 4. The van der Waals surface area contributed by atoms with E-state index in [4.69, 9.17) is 0 Å². The Labute approximate surface area is 121 Å². The van der Waals surface area contributed by atoms with Gasteiger partial charge in [-0.1, -0.05) is 19.9 Å². The number of phenols is 1. The van der Waals surface area contributed by atoms with E-state index in [0.717, 1.165) is 5.92 Å². The molecule has 0 radical (unpaired) electrons. The highest BCUT2D eigenvalue weighted by Gasteiger charge is 2.48. The maximum Gasteiger partial charge on any atom is 0.115 e. The molecular weight excluding hydrogens is 246 g/mol. The molecule has 3 aliphatic rings. The van der Waals surface area contributed by atoms with Gasteiger partial charge in [-0.25, -0.2) is 0 Å². The van der Waals surface area contributed by atoms with E-state index in [0.29, 0.717) is 17.7 Å². The van der Waals surface area contributed by atoms with Crippen molar-refractivity contribution < 1.29 is 5.11 Å². The number of hydrogen-bond acceptors (Lipinski definition) is 2. The van der Waals surface area contributed by atoms with E-state index >= 15 is 0 Å². The van der Waals surface area contributed by atoms with Gasteiger partial charge in [-0.3, -0.25) is 4.90 Å². The zero-order valence-electron chi connectivity index (χ0n) is 12.6. The topological polar surface area (TPSA) is 23.5 Å². The predicted molar refractivity (Wildman–Crippen MR) is 81.0 cm³/mol. The molecule has 3 atom stereocenters. The Morgan fingerprint density at radius 3 is 2.90 bits per heavy atom. The zero-order valence-corrected chi connectivity index (χ0v) is 12.6. The Kier molecular flexibility index (Phi) is 2.69. The zero-order chi connectivity index (χ0) is 13.9. The average Bonchev–Trinajstić information content (AvgIpc) is 3.22. The predicted octanol–water partition coefficient (Wildman–Crippen LogP) is 3.33. The van der Waals surface area contributed by atoms with Crippen molar-refractivity contribution in [2.24, 2.45) is 11.8 Å². The number of rotatable bonds is 2. The van der Waals surface area contributed by atoms with Crippen LogP contribution in [0, 0.1) is 11.8 Å². The van der Waals surface area contributed by atoms with E-state index in [9.17, 15) is 5.11 Å². The molecule has 1 aliphatic heterocycles. The summed E-state index contributed by atoms with van der Waals surface area (Å²) >= 11 is 0. The van der Waals surface area contributed by atoms with Gasteiger partial charge in [-0.2, -0.15) is 0 Å². The number of likely N-dealkylation sites (tertiary alicyclic amines) is 1. The first-order valence-corrected chi connectivity index (χ1v) is 8.14. The van der Waals surface area contributed by atoms with Crippen molar-refractivity contribution in [1.82, 2.24) is 4.90 Å². The van der Waals surface area contributed by atoms with Gasteiger partial charge >= 0.3 is 0 Å². The van der Waals surface area contributed by atoms with Gasteiger partial charge in [0.25, 0.3) is 0 Å². The van der Waals surface area contributed by atoms with Crippen LogP contribution in [0.3, 0.4) is 0 Å². The number of benzene rings is 1. The fourth-order valence-electron chi connectivity index (χ4n) is 4.55. The minimum atomic E-state index is 0.247. The molecule has 1 aromatic carbocycles. The van der Waals surface area contributed by atoms with E-state index in [1.54, 1.807) is 0 Å². The Morgan fingerprint density at radius 2 is 2.15 bits per heavy atom. The van der Waals surface area contributed by atoms with E-state index in [-0.39, 0.29) is 5.41 Å². The average molecular weight is 271 g/mol. The van der Waals surface area contributed by atoms with Crippen LogP contribution in [-0.4, -0.2) is 29.1 Å². The van der Waals surface area contributed by atoms with Gasteiger partial charge in [0, 0.05) is 12.6 Å². The lowest BCUT2D eigenvalue weighted by Gasteiger charge is -2.54. The molecule has 1 N–H and O–H groups in total. The van der Waals surface area contributed by atoms with Crippen LogP contribution in [-0.2, 0) is 11.8 Å². The number of hydrogen-bond donors (Lipinski definition) is 1. The van der Waals surface area contributed by atoms with Gasteiger partial charge in [0.05, 0.1) is 0 Å². The Bertz CT molecular complexity index is 536. The third-order valence-corrected chi connectivity index (χ3v) is 6.30.